The highest BCUT2D eigenvalue weighted by Gasteiger charge is 2.20. The summed E-state index contributed by atoms with van der Waals surface area (Å²) in [6.45, 7) is 5.85. The lowest BCUT2D eigenvalue weighted by molar-refractivity contribution is 0.137. The van der Waals surface area contributed by atoms with Crippen LogP contribution in [0.4, 0.5) is 0 Å². The van der Waals surface area contributed by atoms with Gasteiger partial charge in [-0.05, 0) is 51.7 Å². The molecule has 0 spiro atoms. The molecule has 1 rings (SSSR count). The molecule has 0 saturated carbocycles. The molecule has 96 valence electrons. The highest BCUT2D eigenvalue weighted by molar-refractivity contribution is 4.76. The van der Waals surface area contributed by atoms with E-state index in [0.717, 1.165) is 12.6 Å². The number of rotatable bonds is 8. The van der Waals surface area contributed by atoms with Gasteiger partial charge in [-0.15, -0.1) is 0 Å². The summed E-state index contributed by atoms with van der Waals surface area (Å²) >= 11 is 0. The van der Waals surface area contributed by atoms with Crippen molar-refractivity contribution in [2.45, 2.75) is 70.8 Å². The molecule has 1 heterocycles. The first-order valence-electron chi connectivity index (χ1n) is 7.32. The van der Waals surface area contributed by atoms with Crippen LogP contribution in [0.5, 0.6) is 0 Å². The Morgan fingerprint density at radius 2 is 1.94 bits per heavy atom. The van der Waals surface area contributed by atoms with Crippen molar-refractivity contribution in [1.82, 2.24) is 4.90 Å². The summed E-state index contributed by atoms with van der Waals surface area (Å²) < 4.78 is 0. The van der Waals surface area contributed by atoms with Gasteiger partial charge < -0.3 is 10.6 Å². The lowest BCUT2D eigenvalue weighted by Gasteiger charge is -2.35. The Hall–Kier alpha value is -0.0800. The highest BCUT2D eigenvalue weighted by Crippen LogP contribution is 2.21. The molecule has 2 heteroatoms. The van der Waals surface area contributed by atoms with Crippen molar-refractivity contribution in [3.63, 3.8) is 0 Å². The van der Waals surface area contributed by atoms with Crippen LogP contribution in [0.1, 0.15) is 64.7 Å². The van der Waals surface area contributed by atoms with Gasteiger partial charge in [0, 0.05) is 6.04 Å². The number of hydrogen-bond acceptors (Lipinski definition) is 2. The Labute approximate surface area is 102 Å². The maximum Gasteiger partial charge on any atom is 0.00951 e. The van der Waals surface area contributed by atoms with Gasteiger partial charge in [-0.3, -0.25) is 0 Å². The molecular weight excluding hydrogens is 196 g/mol. The Kier molecular flexibility index (Phi) is 7.87. The molecule has 0 radical (unpaired) electrons. The molecule has 1 atom stereocenters. The van der Waals surface area contributed by atoms with Gasteiger partial charge >= 0.3 is 0 Å². The minimum absolute atomic E-state index is 0.863. The van der Waals surface area contributed by atoms with Crippen LogP contribution >= 0.6 is 0 Å². The summed E-state index contributed by atoms with van der Waals surface area (Å²) in [4.78, 5) is 2.75. The third kappa shape index (κ3) is 5.31. The highest BCUT2D eigenvalue weighted by atomic mass is 15.2. The molecule has 1 saturated heterocycles. The molecule has 16 heavy (non-hydrogen) atoms. The van der Waals surface area contributed by atoms with E-state index in [2.05, 4.69) is 11.8 Å². The molecule has 2 N–H and O–H groups in total. The smallest absolute Gasteiger partial charge is 0.00951 e. The zero-order valence-corrected chi connectivity index (χ0v) is 11.1. The number of hydrogen-bond donors (Lipinski definition) is 1. The largest absolute Gasteiger partial charge is 0.330 e. The van der Waals surface area contributed by atoms with Crippen LogP contribution in [-0.4, -0.2) is 30.6 Å². The maximum atomic E-state index is 5.50. The van der Waals surface area contributed by atoms with Crippen LogP contribution < -0.4 is 5.73 Å². The van der Waals surface area contributed by atoms with Crippen LogP contribution in [0.25, 0.3) is 0 Å². The second-order valence-electron chi connectivity index (χ2n) is 5.18. The number of likely N-dealkylation sites (tertiary alicyclic amines) is 1. The normalized spacial score (nSPS) is 22.5. The van der Waals surface area contributed by atoms with Gasteiger partial charge in [0.05, 0.1) is 0 Å². The minimum atomic E-state index is 0.863. The van der Waals surface area contributed by atoms with Gasteiger partial charge in [0.15, 0.2) is 0 Å². The summed E-state index contributed by atoms with van der Waals surface area (Å²) in [5.41, 5.74) is 5.50. The number of unbranched alkanes of at least 4 members (excludes halogenated alkanes) is 3. The fourth-order valence-electron chi connectivity index (χ4n) is 2.83. The van der Waals surface area contributed by atoms with E-state index in [1.165, 1.54) is 70.9 Å². The van der Waals surface area contributed by atoms with Crippen molar-refractivity contribution in [3.8, 4) is 0 Å². The lowest BCUT2D eigenvalue weighted by atomic mass is 9.98. The van der Waals surface area contributed by atoms with E-state index >= 15 is 0 Å². The second kappa shape index (κ2) is 9.00. The molecule has 0 aromatic rings. The van der Waals surface area contributed by atoms with Gasteiger partial charge in [-0.25, -0.2) is 0 Å². The Bertz CT molecular complexity index is 157. The summed E-state index contributed by atoms with van der Waals surface area (Å²) in [6.07, 6.45) is 12.3. The average Bonchev–Trinajstić information content (AvgIpc) is 2.31. The van der Waals surface area contributed by atoms with E-state index in [9.17, 15) is 0 Å². The van der Waals surface area contributed by atoms with E-state index in [4.69, 9.17) is 5.73 Å². The predicted molar refractivity (Wildman–Crippen MR) is 71.6 cm³/mol. The molecule has 1 aliphatic heterocycles. The molecule has 0 aromatic carbocycles. The SMILES string of the molecule is CCCC1CCCCN1CCCCCCN. The molecule has 0 amide bonds. The first-order chi connectivity index (χ1) is 7.88. The first-order valence-corrected chi connectivity index (χ1v) is 7.32. The summed E-state index contributed by atoms with van der Waals surface area (Å²) in [6, 6.07) is 0.897. The summed E-state index contributed by atoms with van der Waals surface area (Å²) in [7, 11) is 0. The molecule has 0 aliphatic carbocycles. The molecule has 0 aromatic heterocycles. The zero-order valence-electron chi connectivity index (χ0n) is 11.1. The van der Waals surface area contributed by atoms with Crippen molar-refractivity contribution in [2.75, 3.05) is 19.6 Å². The fraction of sp³-hybridized carbons (Fsp3) is 1.00. The van der Waals surface area contributed by atoms with Crippen molar-refractivity contribution in [3.05, 3.63) is 0 Å². The Morgan fingerprint density at radius 1 is 1.12 bits per heavy atom. The van der Waals surface area contributed by atoms with Gasteiger partial charge in [0.1, 0.15) is 0 Å². The molecular formula is C14H30N2. The Balaban J connectivity index is 2.11. The third-order valence-corrected chi connectivity index (χ3v) is 3.77. The van der Waals surface area contributed by atoms with Crippen molar-refractivity contribution in [1.29, 1.82) is 0 Å². The van der Waals surface area contributed by atoms with Crippen LogP contribution in [-0.2, 0) is 0 Å². The number of nitrogens with zero attached hydrogens (tertiary/aromatic N) is 1. The van der Waals surface area contributed by atoms with Crippen molar-refractivity contribution >= 4 is 0 Å². The minimum Gasteiger partial charge on any atom is -0.330 e. The first kappa shape index (κ1) is 14.0. The monoisotopic (exact) mass is 226 g/mol. The van der Waals surface area contributed by atoms with Crippen LogP contribution in [0, 0.1) is 0 Å². The standard InChI is InChI=1S/C14H30N2/c1-2-9-14-10-5-8-13-16(14)12-7-4-3-6-11-15/h14H,2-13,15H2,1H3. The molecule has 2 nitrogen and oxygen atoms in total. The zero-order chi connectivity index (χ0) is 11.6. The maximum absolute atomic E-state index is 5.50. The molecule has 1 unspecified atom stereocenters. The average molecular weight is 226 g/mol. The quantitative estimate of drug-likeness (QED) is 0.644. The summed E-state index contributed by atoms with van der Waals surface area (Å²) in [5.74, 6) is 0. The van der Waals surface area contributed by atoms with Crippen molar-refractivity contribution in [2.24, 2.45) is 5.73 Å². The Morgan fingerprint density at radius 3 is 2.69 bits per heavy atom. The molecule has 0 bridgehead atoms. The number of piperidine rings is 1. The second-order valence-corrected chi connectivity index (χ2v) is 5.18. The lowest BCUT2D eigenvalue weighted by Crippen LogP contribution is -2.39. The topological polar surface area (TPSA) is 29.3 Å². The van der Waals surface area contributed by atoms with Gasteiger partial charge in [0.25, 0.3) is 0 Å². The van der Waals surface area contributed by atoms with Crippen molar-refractivity contribution < 1.29 is 0 Å². The van der Waals surface area contributed by atoms with Crippen LogP contribution in [0.2, 0.25) is 0 Å². The van der Waals surface area contributed by atoms with Gasteiger partial charge in [-0.1, -0.05) is 32.6 Å². The van der Waals surface area contributed by atoms with E-state index in [1.54, 1.807) is 0 Å². The molecule has 1 fully saturated rings. The van der Waals surface area contributed by atoms with Crippen LogP contribution in [0.15, 0.2) is 0 Å². The predicted octanol–water partition coefficient (Wildman–Crippen LogP) is 3.16. The fourth-order valence-corrected chi connectivity index (χ4v) is 2.83. The van der Waals surface area contributed by atoms with Crippen LogP contribution in [0.3, 0.4) is 0 Å². The van der Waals surface area contributed by atoms with E-state index in [1.807, 2.05) is 0 Å². The van der Waals surface area contributed by atoms with Gasteiger partial charge in [0.2, 0.25) is 0 Å². The van der Waals surface area contributed by atoms with Gasteiger partial charge in [-0.2, -0.15) is 0 Å². The third-order valence-electron chi connectivity index (χ3n) is 3.77. The van der Waals surface area contributed by atoms with E-state index < -0.39 is 0 Å². The number of nitrogens with two attached hydrogens (primary N) is 1. The molecule has 1 aliphatic rings. The van der Waals surface area contributed by atoms with E-state index in [-0.39, 0.29) is 0 Å². The van der Waals surface area contributed by atoms with E-state index in [0.29, 0.717) is 0 Å². The summed E-state index contributed by atoms with van der Waals surface area (Å²) in [5, 5.41) is 0.